The van der Waals surface area contributed by atoms with Gasteiger partial charge in [0.05, 0.1) is 19.9 Å². The van der Waals surface area contributed by atoms with Crippen LogP contribution in [0.2, 0.25) is 0 Å². The summed E-state index contributed by atoms with van der Waals surface area (Å²) in [6.07, 6.45) is 0. The second kappa shape index (κ2) is 5.66. The van der Waals surface area contributed by atoms with Crippen molar-refractivity contribution in [2.75, 3.05) is 19.6 Å². The van der Waals surface area contributed by atoms with Crippen molar-refractivity contribution in [3.05, 3.63) is 18.2 Å². The lowest BCUT2D eigenvalue weighted by Gasteiger charge is -2.07. The Morgan fingerprint density at radius 3 is 1.85 bits per heavy atom. The maximum atomic E-state index is 5.24. The highest BCUT2D eigenvalue weighted by atomic mass is 79.9. The summed E-state index contributed by atoms with van der Waals surface area (Å²) < 4.78 is 10.0. The molecule has 4 nitrogen and oxygen atoms in total. The molecule has 0 atom stereocenters. The van der Waals surface area contributed by atoms with Gasteiger partial charge in [-0.3, -0.25) is 5.84 Å². The molecule has 0 fully saturated rings. The van der Waals surface area contributed by atoms with E-state index in [0.29, 0.717) is 11.5 Å². The third kappa shape index (κ3) is 3.12. The number of benzene rings is 1. The number of halogens is 1. The van der Waals surface area contributed by atoms with Gasteiger partial charge in [0, 0.05) is 18.2 Å². The average molecular weight is 249 g/mol. The standard InChI is InChI=1S/C8H12N2O2.BrH/c1-11-7-3-6(10-9)4-8(5-7)12-2;/h3-5,10H,9H2,1-2H3;1H. The lowest BCUT2D eigenvalue weighted by atomic mass is 10.3. The number of nitrogen functional groups attached to an aromatic ring is 1. The topological polar surface area (TPSA) is 56.5 Å². The van der Waals surface area contributed by atoms with E-state index in [1.807, 2.05) is 0 Å². The zero-order valence-electron chi connectivity index (χ0n) is 7.53. The summed E-state index contributed by atoms with van der Waals surface area (Å²) in [7, 11) is 3.18. The molecule has 74 valence electrons. The van der Waals surface area contributed by atoms with E-state index in [0.717, 1.165) is 5.69 Å². The highest BCUT2D eigenvalue weighted by Crippen LogP contribution is 2.24. The Morgan fingerprint density at radius 1 is 1.08 bits per heavy atom. The van der Waals surface area contributed by atoms with Gasteiger partial charge in [-0.2, -0.15) is 0 Å². The summed E-state index contributed by atoms with van der Waals surface area (Å²) in [6.45, 7) is 0. The second-order valence-corrected chi connectivity index (χ2v) is 2.25. The molecule has 1 aromatic rings. The molecule has 0 aromatic heterocycles. The fourth-order valence-electron chi connectivity index (χ4n) is 0.891. The van der Waals surface area contributed by atoms with E-state index in [2.05, 4.69) is 5.43 Å². The van der Waals surface area contributed by atoms with Crippen LogP contribution in [0.3, 0.4) is 0 Å². The molecule has 0 unspecified atom stereocenters. The van der Waals surface area contributed by atoms with Crippen LogP contribution in [0.4, 0.5) is 5.69 Å². The minimum Gasteiger partial charge on any atom is -0.497 e. The molecular formula is C8H13BrN2O2. The summed E-state index contributed by atoms with van der Waals surface area (Å²) in [4.78, 5) is 0. The molecule has 13 heavy (non-hydrogen) atoms. The molecular weight excluding hydrogens is 236 g/mol. The van der Waals surface area contributed by atoms with Crippen molar-refractivity contribution in [2.45, 2.75) is 0 Å². The molecule has 0 amide bonds. The number of hydrazine groups is 1. The van der Waals surface area contributed by atoms with Crippen LogP contribution in [0, 0.1) is 0 Å². The minimum atomic E-state index is 0. The lowest BCUT2D eigenvalue weighted by Crippen LogP contribution is -2.06. The molecule has 3 N–H and O–H groups in total. The molecule has 0 heterocycles. The van der Waals surface area contributed by atoms with Gasteiger partial charge in [0.15, 0.2) is 0 Å². The van der Waals surface area contributed by atoms with Crippen molar-refractivity contribution in [3.8, 4) is 11.5 Å². The predicted octanol–water partition coefficient (Wildman–Crippen LogP) is 1.57. The van der Waals surface area contributed by atoms with E-state index >= 15 is 0 Å². The van der Waals surface area contributed by atoms with Crippen LogP contribution in [0.1, 0.15) is 0 Å². The van der Waals surface area contributed by atoms with Crippen molar-refractivity contribution in [2.24, 2.45) is 5.84 Å². The summed E-state index contributed by atoms with van der Waals surface area (Å²) >= 11 is 0. The van der Waals surface area contributed by atoms with Crippen LogP contribution in [-0.4, -0.2) is 14.2 Å². The fraction of sp³-hybridized carbons (Fsp3) is 0.250. The van der Waals surface area contributed by atoms with Gasteiger partial charge in [-0.05, 0) is 0 Å². The van der Waals surface area contributed by atoms with Crippen molar-refractivity contribution in [1.29, 1.82) is 0 Å². The first-order chi connectivity index (χ1) is 5.80. The number of hydrogen-bond acceptors (Lipinski definition) is 4. The zero-order valence-corrected chi connectivity index (χ0v) is 9.25. The van der Waals surface area contributed by atoms with Crippen molar-refractivity contribution in [1.82, 2.24) is 0 Å². The van der Waals surface area contributed by atoms with E-state index in [-0.39, 0.29) is 17.0 Å². The number of nitrogens with two attached hydrogens (primary N) is 1. The Labute approximate surface area is 87.8 Å². The largest absolute Gasteiger partial charge is 0.497 e. The fourth-order valence-corrected chi connectivity index (χ4v) is 0.891. The maximum absolute atomic E-state index is 5.24. The Hall–Kier alpha value is -0.940. The van der Waals surface area contributed by atoms with Gasteiger partial charge in [-0.1, -0.05) is 0 Å². The molecule has 5 heteroatoms. The third-order valence-electron chi connectivity index (χ3n) is 1.52. The highest BCUT2D eigenvalue weighted by molar-refractivity contribution is 8.93. The Kier molecular flexibility index (Phi) is 5.25. The molecule has 0 bridgehead atoms. The van der Waals surface area contributed by atoms with Crippen molar-refractivity contribution >= 4 is 22.7 Å². The Bertz CT molecular complexity index is 213. The summed E-state index contributed by atoms with van der Waals surface area (Å²) in [5, 5.41) is 0. The summed E-state index contributed by atoms with van der Waals surface area (Å²) in [5.41, 5.74) is 3.27. The quantitative estimate of drug-likeness (QED) is 0.630. The maximum Gasteiger partial charge on any atom is 0.124 e. The Balaban J connectivity index is 0.00000144. The second-order valence-electron chi connectivity index (χ2n) is 2.25. The Morgan fingerprint density at radius 2 is 1.54 bits per heavy atom. The van der Waals surface area contributed by atoms with Crippen LogP contribution < -0.4 is 20.7 Å². The van der Waals surface area contributed by atoms with Gasteiger partial charge >= 0.3 is 0 Å². The first-order valence-corrected chi connectivity index (χ1v) is 3.50. The molecule has 0 saturated heterocycles. The average Bonchev–Trinajstić information content (AvgIpc) is 2.16. The molecule has 0 aliphatic heterocycles. The number of methoxy groups -OCH3 is 2. The molecule has 0 aliphatic carbocycles. The molecule has 0 spiro atoms. The minimum absolute atomic E-state index is 0. The number of rotatable bonds is 3. The molecule has 1 aromatic carbocycles. The lowest BCUT2D eigenvalue weighted by molar-refractivity contribution is 0.394. The van der Waals surface area contributed by atoms with Gasteiger partial charge < -0.3 is 14.9 Å². The van der Waals surface area contributed by atoms with Crippen LogP contribution in [0.5, 0.6) is 11.5 Å². The van der Waals surface area contributed by atoms with Crippen LogP contribution >= 0.6 is 17.0 Å². The van der Waals surface area contributed by atoms with E-state index in [1.165, 1.54) is 0 Å². The van der Waals surface area contributed by atoms with E-state index in [1.54, 1.807) is 32.4 Å². The smallest absolute Gasteiger partial charge is 0.124 e. The highest BCUT2D eigenvalue weighted by Gasteiger charge is 1.99. The molecule has 1 rings (SSSR count). The number of ether oxygens (including phenoxy) is 2. The molecule has 0 radical (unpaired) electrons. The van der Waals surface area contributed by atoms with E-state index in [9.17, 15) is 0 Å². The molecule has 0 aliphatic rings. The number of anilines is 1. The number of hydrogen-bond donors (Lipinski definition) is 2. The molecule has 0 saturated carbocycles. The van der Waals surface area contributed by atoms with Crippen molar-refractivity contribution < 1.29 is 9.47 Å². The normalized spacial score (nSPS) is 8.54. The van der Waals surface area contributed by atoms with Crippen LogP contribution in [0.15, 0.2) is 18.2 Å². The predicted molar refractivity (Wildman–Crippen MR) is 57.7 cm³/mol. The first kappa shape index (κ1) is 12.1. The van der Waals surface area contributed by atoms with Crippen LogP contribution in [-0.2, 0) is 0 Å². The number of nitrogens with one attached hydrogen (secondary N) is 1. The monoisotopic (exact) mass is 248 g/mol. The summed E-state index contributed by atoms with van der Waals surface area (Å²) in [5.74, 6) is 6.66. The van der Waals surface area contributed by atoms with Crippen molar-refractivity contribution in [3.63, 3.8) is 0 Å². The van der Waals surface area contributed by atoms with E-state index in [4.69, 9.17) is 15.3 Å². The van der Waals surface area contributed by atoms with Gasteiger partial charge in [-0.25, -0.2) is 0 Å². The zero-order chi connectivity index (χ0) is 8.97. The van der Waals surface area contributed by atoms with Gasteiger partial charge in [-0.15, -0.1) is 17.0 Å². The van der Waals surface area contributed by atoms with Gasteiger partial charge in [0.1, 0.15) is 11.5 Å². The third-order valence-corrected chi connectivity index (χ3v) is 1.52. The first-order valence-electron chi connectivity index (χ1n) is 3.50. The van der Waals surface area contributed by atoms with Gasteiger partial charge in [0.2, 0.25) is 0 Å². The van der Waals surface area contributed by atoms with Crippen LogP contribution in [0.25, 0.3) is 0 Å². The SMILES string of the molecule is Br.COc1cc(NN)cc(OC)c1. The van der Waals surface area contributed by atoms with E-state index < -0.39 is 0 Å². The van der Waals surface area contributed by atoms with Gasteiger partial charge in [0.25, 0.3) is 0 Å². The summed E-state index contributed by atoms with van der Waals surface area (Å²) in [6, 6.07) is 5.34.